The van der Waals surface area contributed by atoms with E-state index in [0.29, 0.717) is 41.1 Å². The molecule has 7 nitrogen and oxygen atoms in total. The minimum Gasteiger partial charge on any atom is -0.486 e. The van der Waals surface area contributed by atoms with E-state index in [4.69, 9.17) is 9.47 Å². The SMILES string of the molecule is CCN(CC)c1nc(C)nc2sc(C(=O)Nc3ccc4c(c3)OCCO4)c(C)c12. The molecule has 0 spiro atoms. The van der Waals surface area contributed by atoms with Crippen LogP contribution in [0.1, 0.15) is 34.9 Å². The molecule has 2 aromatic heterocycles. The van der Waals surface area contributed by atoms with Crippen molar-refractivity contribution < 1.29 is 14.3 Å². The van der Waals surface area contributed by atoms with Crippen LogP contribution in [0.25, 0.3) is 10.2 Å². The first kappa shape index (κ1) is 19.4. The van der Waals surface area contributed by atoms with E-state index >= 15 is 0 Å². The van der Waals surface area contributed by atoms with E-state index in [-0.39, 0.29) is 5.91 Å². The molecule has 0 bridgehead atoms. The van der Waals surface area contributed by atoms with Crippen molar-refractivity contribution in [3.63, 3.8) is 0 Å². The van der Waals surface area contributed by atoms with Gasteiger partial charge in [0, 0.05) is 24.8 Å². The Bertz CT molecular complexity index is 1080. The highest BCUT2D eigenvalue weighted by atomic mass is 32.1. The average molecular weight is 413 g/mol. The molecule has 1 aliphatic heterocycles. The van der Waals surface area contributed by atoms with Crippen molar-refractivity contribution in [2.24, 2.45) is 0 Å². The number of ether oxygens (including phenoxy) is 2. The summed E-state index contributed by atoms with van der Waals surface area (Å²) in [4.78, 5) is 26.0. The van der Waals surface area contributed by atoms with Crippen molar-refractivity contribution in [2.45, 2.75) is 27.7 Å². The van der Waals surface area contributed by atoms with Gasteiger partial charge in [0.05, 0.1) is 10.3 Å². The number of amides is 1. The van der Waals surface area contributed by atoms with Crippen LogP contribution in [0.4, 0.5) is 11.5 Å². The van der Waals surface area contributed by atoms with Crippen molar-refractivity contribution in [3.05, 3.63) is 34.5 Å². The van der Waals surface area contributed by atoms with Gasteiger partial charge in [-0.2, -0.15) is 0 Å². The molecule has 152 valence electrons. The average Bonchev–Trinajstić information content (AvgIpc) is 3.05. The van der Waals surface area contributed by atoms with Crippen LogP contribution in [-0.2, 0) is 0 Å². The number of carbonyl (C=O) groups excluding carboxylic acids is 1. The highest BCUT2D eigenvalue weighted by molar-refractivity contribution is 7.20. The minimum absolute atomic E-state index is 0.162. The molecule has 3 aromatic rings. The van der Waals surface area contributed by atoms with Gasteiger partial charge in [0.1, 0.15) is 29.7 Å². The van der Waals surface area contributed by atoms with E-state index in [1.165, 1.54) is 11.3 Å². The Labute approximate surface area is 173 Å². The van der Waals surface area contributed by atoms with Crippen LogP contribution in [0, 0.1) is 13.8 Å². The fourth-order valence-electron chi connectivity index (χ4n) is 3.50. The second-order valence-corrected chi connectivity index (χ2v) is 7.81. The minimum atomic E-state index is -0.162. The van der Waals surface area contributed by atoms with Gasteiger partial charge in [0.25, 0.3) is 5.91 Å². The molecule has 1 amide bonds. The van der Waals surface area contributed by atoms with Crippen LogP contribution in [0.2, 0.25) is 0 Å². The van der Waals surface area contributed by atoms with Crippen molar-refractivity contribution in [1.82, 2.24) is 9.97 Å². The van der Waals surface area contributed by atoms with Crippen LogP contribution >= 0.6 is 11.3 Å². The number of nitrogens with one attached hydrogen (secondary N) is 1. The fourth-order valence-corrected chi connectivity index (χ4v) is 4.62. The number of hydrogen-bond acceptors (Lipinski definition) is 7. The van der Waals surface area contributed by atoms with Crippen molar-refractivity contribution in [1.29, 1.82) is 0 Å². The molecule has 8 heteroatoms. The van der Waals surface area contributed by atoms with Crippen LogP contribution in [-0.4, -0.2) is 42.2 Å². The Hall–Kier alpha value is -2.87. The summed E-state index contributed by atoms with van der Waals surface area (Å²) in [5.74, 6) is 2.78. The maximum atomic E-state index is 13.0. The van der Waals surface area contributed by atoms with E-state index in [0.717, 1.165) is 34.7 Å². The number of hydrogen-bond donors (Lipinski definition) is 1. The van der Waals surface area contributed by atoms with Crippen LogP contribution < -0.4 is 19.7 Å². The molecule has 0 aliphatic carbocycles. The number of fused-ring (bicyclic) bond motifs is 2. The topological polar surface area (TPSA) is 76.6 Å². The molecule has 0 unspecified atom stereocenters. The van der Waals surface area contributed by atoms with Crippen LogP contribution in [0.5, 0.6) is 11.5 Å². The summed E-state index contributed by atoms with van der Waals surface area (Å²) in [5.41, 5.74) is 1.57. The van der Waals surface area contributed by atoms with E-state index in [9.17, 15) is 4.79 Å². The molecule has 1 aliphatic rings. The predicted molar refractivity (Wildman–Crippen MR) is 116 cm³/mol. The van der Waals surface area contributed by atoms with Gasteiger partial charge in [-0.05, 0) is 45.4 Å². The van der Waals surface area contributed by atoms with Gasteiger partial charge in [-0.1, -0.05) is 0 Å². The smallest absolute Gasteiger partial charge is 0.266 e. The number of aryl methyl sites for hydroxylation is 2. The van der Waals surface area contributed by atoms with Gasteiger partial charge in [0.2, 0.25) is 0 Å². The zero-order chi connectivity index (χ0) is 20.5. The molecule has 0 fully saturated rings. The van der Waals surface area contributed by atoms with Gasteiger partial charge in [-0.15, -0.1) is 11.3 Å². The molecule has 0 saturated heterocycles. The third kappa shape index (κ3) is 3.60. The Balaban J connectivity index is 1.69. The molecule has 0 radical (unpaired) electrons. The molecule has 29 heavy (non-hydrogen) atoms. The number of carbonyl (C=O) groups is 1. The lowest BCUT2D eigenvalue weighted by molar-refractivity contribution is 0.103. The lowest BCUT2D eigenvalue weighted by Gasteiger charge is -2.21. The highest BCUT2D eigenvalue weighted by Crippen LogP contribution is 2.37. The maximum absolute atomic E-state index is 13.0. The van der Waals surface area contributed by atoms with E-state index in [1.54, 1.807) is 6.07 Å². The molecule has 1 N–H and O–H groups in total. The first-order valence-electron chi connectivity index (χ1n) is 9.75. The first-order chi connectivity index (χ1) is 14.0. The Morgan fingerprint density at radius 3 is 2.59 bits per heavy atom. The van der Waals surface area contributed by atoms with E-state index < -0.39 is 0 Å². The summed E-state index contributed by atoms with van der Waals surface area (Å²) in [6, 6.07) is 5.43. The molecular weight excluding hydrogens is 388 g/mol. The molecule has 3 heterocycles. The number of nitrogens with zero attached hydrogens (tertiary/aromatic N) is 3. The molecule has 0 atom stereocenters. The highest BCUT2D eigenvalue weighted by Gasteiger charge is 2.22. The second kappa shape index (κ2) is 7.87. The van der Waals surface area contributed by atoms with Crippen molar-refractivity contribution in [3.8, 4) is 11.5 Å². The summed E-state index contributed by atoms with van der Waals surface area (Å²) in [6.45, 7) is 10.8. The van der Waals surface area contributed by atoms with Gasteiger partial charge >= 0.3 is 0 Å². The van der Waals surface area contributed by atoms with E-state index in [1.807, 2.05) is 26.0 Å². The monoisotopic (exact) mass is 412 g/mol. The Morgan fingerprint density at radius 1 is 1.14 bits per heavy atom. The Morgan fingerprint density at radius 2 is 1.86 bits per heavy atom. The van der Waals surface area contributed by atoms with Gasteiger partial charge in [-0.25, -0.2) is 9.97 Å². The maximum Gasteiger partial charge on any atom is 0.266 e. The summed E-state index contributed by atoms with van der Waals surface area (Å²) >= 11 is 1.40. The predicted octanol–water partition coefficient (Wildman–Crippen LogP) is 4.18. The Kier molecular flexibility index (Phi) is 5.27. The lowest BCUT2D eigenvalue weighted by Crippen LogP contribution is -2.23. The largest absolute Gasteiger partial charge is 0.486 e. The number of thiophene rings is 1. The van der Waals surface area contributed by atoms with E-state index in [2.05, 4.69) is 34.0 Å². The molecule has 0 saturated carbocycles. The third-order valence-corrected chi connectivity index (χ3v) is 6.14. The number of anilines is 2. The summed E-state index contributed by atoms with van der Waals surface area (Å²) in [5, 5.41) is 3.93. The zero-order valence-electron chi connectivity index (χ0n) is 17.0. The summed E-state index contributed by atoms with van der Waals surface area (Å²) in [6.07, 6.45) is 0. The zero-order valence-corrected chi connectivity index (χ0v) is 17.9. The normalized spacial score (nSPS) is 12.8. The summed E-state index contributed by atoms with van der Waals surface area (Å²) < 4.78 is 11.1. The molecule has 1 aromatic carbocycles. The number of benzene rings is 1. The van der Waals surface area contributed by atoms with Crippen molar-refractivity contribution >= 4 is 39.0 Å². The molecule has 4 rings (SSSR count). The number of aromatic nitrogens is 2. The molecular formula is C21H24N4O3S. The third-order valence-electron chi connectivity index (χ3n) is 4.95. The first-order valence-corrected chi connectivity index (χ1v) is 10.6. The van der Waals surface area contributed by atoms with Gasteiger partial charge < -0.3 is 19.7 Å². The number of rotatable bonds is 5. The fraction of sp³-hybridized carbons (Fsp3) is 0.381. The van der Waals surface area contributed by atoms with Gasteiger partial charge in [0.15, 0.2) is 11.5 Å². The van der Waals surface area contributed by atoms with Gasteiger partial charge in [-0.3, -0.25) is 4.79 Å². The lowest BCUT2D eigenvalue weighted by atomic mass is 10.1. The summed E-state index contributed by atoms with van der Waals surface area (Å²) in [7, 11) is 0. The van der Waals surface area contributed by atoms with Crippen LogP contribution in [0.15, 0.2) is 18.2 Å². The second-order valence-electron chi connectivity index (χ2n) is 6.82. The van der Waals surface area contributed by atoms with Crippen LogP contribution in [0.3, 0.4) is 0 Å². The van der Waals surface area contributed by atoms with Crippen molar-refractivity contribution in [2.75, 3.05) is 36.5 Å². The quantitative estimate of drug-likeness (QED) is 0.678. The standard InChI is InChI=1S/C21H24N4O3S/c1-5-25(6-2)19-17-12(3)18(29-21(17)23-13(4)22-19)20(26)24-14-7-8-15-16(11-14)28-10-9-27-15/h7-8,11H,5-6,9-10H2,1-4H3,(H,24,26).